The molecule has 1 aromatic carbocycles. The van der Waals surface area contributed by atoms with Crippen molar-refractivity contribution in [1.82, 2.24) is 4.90 Å². The summed E-state index contributed by atoms with van der Waals surface area (Å²) in [4.78, 5) is 25.2. The first-order chi connectivity index (χ1) is 12.1. The molecule has 0 fully saturated rings. The zero-order chi connectivity index (χ0) is 17.8. The lowest BCUT2D eigenvalue weighted by Gasteiger charge is -2.24. The van der Waals surface area contributed by atoms with Crippen LogP contribution < -0.4 is 5.32 Å². The molecule has 2 heterocycles. The minimum absolute atomic E-state index is 0.0485. The van der Waals surface area contributed by atoms with Crippen molar-refractivity contribution in [3.8, 4) is 11.3 Å². The molecule has 5 nitrogen and oxygen atoms in total. The molecular weight excluding hydrogens is 316 g/mol. The Morgan fingerprint density at radius 3 is 2.68 bits per heavy atom. The van der Waals surface area contributed by atoms with Crippen LogP contribution >= 0.6 is 0 Å². The molecule has 0 atom stereocenters. The highest BCUT2D eigenvalue weighted by atomic mass is 16.3. The summed E-state index contributed by atoms with van der Waals surface area (Å²) in [6.07, 6.45) is 3.21. The molecule has 0 unspecified atom stereocenters. The molecule has 0 saturated carbocycles. The van der Waals surface area contributed by atoms with E-state index in [0.717, 1.165) is 47.6 Å². The summed E-state index contributed by atoms with van der Waals surface area (Å²) in [5.74, 6) is 1.91. The molecule has 1 aromatic heterocycles. The van der Waals surface area contributed by atoms with E-state index in [1.54, 1.807) is 6.92 Å². The molecule has 0 radical (unpaired) electrons. The Balaban J connectivity index is 1.69. The van der Waals surface area contributed by atoms with E-state index in [9.17, 15) is 9.59 Å². The van der Waals surface area contributed by atoms with Crippen LogP contribution in [0.3, 0.4) is 0 Å². The topological polar surface area (TPSA) is 62.6 Å². The number of hydrogen-bond donors (Lipinski definition) is 1. The minimum Gasteiger partial charge on any atom is -0.461 e. The number of carbonyl (C=O) groups excluding carboxylic acids is 2. The van der Waals surface area contributed by atoms with Crippen LogP contribution in [0.25, 0.3) is 11.3 Å². The lowest BCUT2D eigenvalue weighted by Crippen LogP contribution is -2.33. The van der Waals surface area contributed by atoms with Crippen molar-refractivity contribution in [3.05, 3.63) is 41.7 Å². The van der Waals surface area contributed by atoms with E-state index < -0.39 is 0 Å². The second kappa shape index (κ2) is 7.55. The quantitative estimate of drug-likeness (QED) is 0.895. The van der Waals surface area contributed by atoms with Gasteiger partial charge in [0, 0.05) is 49.7 Å². The maximum absolute atomic E-state index is 11.8. The molecular formula is C20H24N2O3. The van der Waals surface area contributed by atoms with E-state index in [0.29, 0.717) is 19.5 Å². The number of furan rings is 1. The molecule has 0 bridgehead atoms. The van der Waals surface area contributed by atoms with Gasteiger partial charge in [0.2, 0.25) is 11.8 Å². The van der Waals surface area contributed by atoms with E-state index >= 15 is 0 Å². The minimum atomic E-state index is 0.0485. The molecule has 132 valence electrons. The number of carbonyl (C=O) groups is 2. The van der Waals surface area contributed by atoms with Gasteiger partial charge in [0.25, 0.3) is 0 Å². The largest absolute Gasteiger partial charge is 0.461 e. The van der Waals surface area contributed by atoms with Crippen LogP contribution in [0.4, 0.5) is 5.69 Å². The smallest absolute Gasteiger partial charge is 0.224 e. The number of rotatable bonds is 5. The number of anilines is 1. The molecule has 25 heavy (non-hydrogen) atoms. The van der Waals surface area contributed by atoms with Crippen molar-refractivity contribution in [3.63, 3.8) is 0 Å². The third kappa shape index (κ3) is 4.10. The highest BCUT2D eigenvalue weighted by molar-refractivity contribution is 5.90. The van der Waals surface area contributed by atoms with Crippen molar-refractivity contribution < 1.29 is 14.0 Å². The number of nitrogens with zero attached hydrogens (tertiary/aromatic N) is 1. The fraction of sp³-hybridized carbons (Fsp3) is 0.400. The van der Waals surface area contributed by atoms with Crippen molar-refractivity contribution in [2.75, 3.05) is 11.9 Å². The fourth-order valence-electron chi connectivity index (χ4n) is 3.02. The Hall–Kier alpha value is -2.56. The van der Waals surface area contributed by atoms with Gasteiger partial charge in [-0.15, -0.1) is 0 Å². The van der Waals surface area contributed by atoms with E-state index in [4.69, 9.17) is 4.42 Å². The van der Waals surface area contributed by atoms with Gasteiger partial charge in [0.05, 0.1) is 0 Å². The normalized spacial score (nSPS) is 13.4. The van der Waals surface area contributed by atoms with E-state index in [1.807, 2.05) is 35.2 Å². The Bertz CT molecular complexity index is 762. The van der Waals surface area contributed by atoms with E-state index in [1.165, 1.54) is 0 Å². The number of hydrogen-bond acceptors (Lipinski definition) is 3. The van der Waals surface area contributed by atoms with E-state index in [2.05, 4.69) is 12.2 Å². The van der Waals surface area contributed by atoms with Crippen LogP contribution in [-0.4, -0.2) is 23.3 Å². The average molecular weight is 340 g/mol. The second-order valence-corrected chi connectivity index (χ2v) is 6.48. The molecule has 5 heteroatoms. The summed E-state index contributed by atoms with van der Waals surface area (Å²) in [5, 5.41) is 2.91. The maximum atomic E-state index is 11.8. The van der Waals surface area contributed by atoms with Gasteiger partial charge in [-0.2, -0.15) is 0 Å². The molecule has 0 aliphatic carbocycles. The Morgan fingerprint density at radius 2 is 2.00 bits per heavy atom. The summed E-state index contributed by atoms with van der Waals surface area (Å²) in [7, 11) is 0. The average Bonchev–Trinajstić information content (AvgIpc) is 3.03. The van der Waals surface area contributed by atoms with Crippen LogP contribution in [0, 0.1) is 0 Å². The highest BCUT2D eigenvalue weighted by Crippen LogP contribution is 2.30. The summed E-state index contributed by atoms with van der Waals surface area (Å²) in [5.41, 5.74) is 2.84. The van der Waals surface area contributed by atoms with Crippen molar-refractivity contribution in [2.45, 2.75) is 46.1 Å². The molecule has 2 amide bonds. The van der Waals surface area contributed by atoms with Crippen LogP contribution in [0.5, 0.6) is 0 Å². The van der Waals surface area contributed by atoms with Crippen LogP contribution in [-0.2, 0) is 22.6 Å². The van der Waals surface area contributed by atoms with Crippen LogP contribution in [0.15, 0.2) is 34.7 Å². The number of benzene rings is 1. The predicted octanol–water partition coefficient (Wildman–Crippen LogP) is 3.98. The predicted molar refractivity (Wildman–Crippen MR) is 97.1 cm³/mol. The zero-order valence-corrected chi connectivity index (χ0v) is 14.8. The third-order valence-electron chi connectivity index (χ3n) is 4.52. The van der Waals surface area contributed by atoms with Crippen molar-refractivity contribution in [1.29, 1.82) is 0 Å². The van der Waals surface area contributed by atoms with Gasteiger partial charge in [-0.3, -0.25) is 9.59 Å². The standard InChI is InChI=1S/C20H24N2O3/c1-3-4-5-20(24)21-17-8-6-15(7-9-17)19-12-16-13-22(14(2)23)11-10-18(16)25-19/h6-9,12H,3-5,10-11,13H2,1-2H3,(H,21,24). The summed E-state index contributed by atoms with van der Waals surface area (Å²) < 4.78 is 5.97. The van der Waals surface area contributed by atoms with Gasteiger partial charge in [-0.1, -0.05) is 13.3 Å². The molecule has 1 N–H and O–H groups in total. The highest BCUT2D eigenvalue weighted by Gasteiger charge is 2.22. The monoisotopic (exact) mass is 340 g/mol. The number of amides is 2. The van der Waals surface area contributed by atoms with Gasteiger partial charge >= 0.3 is 0 Å². The molecule has 1 aliphatic rings. The number of nitrogens with one attached hydrogen (secondary N) is 1. The first kappa shape index (κ1) is 17.3. The van der Waals surface area contributed by atoms with Gasteiger partial charge in [0.1, 0.15) is 11.5 Å². The van der Waals surface area contributed by atoms with E-state index in [-0.39, 0.29) is 11.8 Å². The first-order valence-corrected chi connectivity index (χ1v) is 8.84. The second-order valence-electron chi connectivity index (χ2n) is 6.48. The van der Waals surface area contributed by atoms with Gasteiger partial charge in [-0.05, 0) is 36.8 Å². The molecule has 3 rings (SSSR count). The summed E-state index contributed by atoms with van der Waals surface area (Å²) in [6.45, 7) is 4.98. The van der Waals surface area contributed by atoms with Crippen molar-refractivity contribution >= 4 is 17.5 Å². The molecule has 0 saturated heterocycles. The van der Waals surface area contributed by atoms with Crippen molar-refractivity contribution in [2.24, 2.45) is 0 Å². The Labute approximate surface area is 148 Å². The lowest BCUT2D eigenvalue weighted by molar-refractivity contribution is -0.129. The molecule has 0 spiro atoms. The zero-order valence-electron chi connectivity index (χ0n) is 14.8. The maximum Gasteiger partial charge on any atom is 0.224 e. The fourth-order valence-corrected chi connectivity index (χ4v) is 3.02. The number of fused-ring (bicyclic) bond motifs is 1. The third-order valence-corrected chi connectivity index (χ3v) is 4.52. The molecule has 1 aliphatic heterocycles. The van der Waals surface area contributed by atoms with Gasteiger partial charge < -0.3 is 14.6 Å². The van der Waals surface area contributed by atoms with Gasteiger partial charge in [-0.25, -0.2) is 0 Å². The Kier molecular flexibility index (Phi) is 5.22. The lowest BCUT2D eigenvalue weighted by atomic mass is 10.1. The Morgan fingerprint density at radius 1 is 1.24 bits per heavy atom. The molecule has 2 aromatic rings. The first-order valence-electron chi connectivity index (χ1n) is 8.84. The van der Waals surface area contributed by atoms with Gasteiger partial charge in [0.15, 0.2) is 0 Å². The SMILES string of the molecule is CCCCC(=O)Nc1ccc(-c2cc3c(o2)CCN(C(C)=O)C3)cc1. The number of unbranched alkanes of at least 4 members (excludes halogenated alkanes) is 1. The summed E-state index contributed by atoms with van der Waals surface area (Å²) in [6, 6.07) is 9.69. The van der Waals surface area contributed by atoms with Crippen LogP contribution in [0.1, 0.15) is 44.4 Å². The van der Waals surface area contributed by atoms with Crippen LogP contribution in [0.2, 0.25) is 0 Å². The summed E-state index contributed by atoms with van der Waals surface area (Å²) >= 11 is 0.